The van der Waals surface area contributed by atoms with Gasteiger partial charge in [0.2, 0.25) is 0 Å². The number of benzene rings is 1. The average Bonchev–Trinajstić information content (AvgIpc) is 2.54. The normalized spacial score (nSPS) is 12.0. The molecule has 0 aliphatic rings. The van der Waals surface area contributed by atoms with Crippen LogP contribution in [0.15, 0.2) is 33.5 Å². The van der Waals surface area contributed by atoms with Crippen LogP contribution in [-0.2, 0) is 0 Å². The first-order valence-electron chi connectivity index (χ1n) is 7.94. The third-order valence-electron chi connectivity index (χ3n) is 3.59. The standard InChI is InChI=1S/C17H23N3O3/c1-4-10-18-14-12-8-6-7-9-13(12)23-16(21)15(14)20-17(22)19-11(3)5-2/h6-9,11,18H,4-5,10H2,1-3H3,(H2,19,20,22). The molecule has 6 nitrogen and oxygen atoms in total. The van der Waals surface area contributed by atoms with Gasteiger partial charge in [-0.1, -0.05) is 26.0 Å². The molecular weight excluding hydrogens is 294 g/mol. The molecule has 2 amide bonds. The van der Waals surface area contributed by atoms with Gasteiger partial charge in [0, 0.05) is 18.0 Å². The summed E-state index contributed by atoms with van der Waals surface area (Å²) in [7, 11) is 0. The second-order valence-corrected chi connectivity index (χ2v) is 5.47. The molecule has 23 heavy (non-hydrogen) atoms. The molecule has 1 unspecified atom stereocenters. The Bertz CT molecular complexity index is 739. The minimum atomic E-state index is -0.568. The van der Waals surface area contributed by atoms with Crippen LogP contribution in [0.3, 0.4) is 0 Å². The van der Waals surface area contributed by atoms with Crippen molar-refractivity contribution in [1.29, 1.82) is 0 Å². The molecule has 1 heterocycles. The number of nitrogens with one attached hydrogen (secondary N) is 3. The van der Waals surface area contributed by atoms with Gasteiger partial charge in [-0.15, -0.1) is 0 Å². The summed E-state index contributed by atoms with van der Waals surface area (Å²) < 4.78 is 5.31. The van der Waals surface area contributed by atoms with Gasteiger partial charge in [0.25, 0.3) is 0 Å². The minimum Gasteiger partial charge on any atom is -0.421 e. The van der Waals surface area contributed by atoms with Crippen molar-refractivity contribution in [3.63, 3.8) is 0 Å². The number of carbonyl (C=O) groups excluding carboxylic acids is 1. The van der Waals surface area contributed by atoms with E-state index < -0.39 is 11.7 Å². The van der Waals surface area contributed by atoms with Gasteiger partial charge in [-0.05, 0) is 31.9 Å². The molecule has 0 spiro atoms. The fraction of sp³-hybridized carbons (Fsp3) is 0.412. The summed E-state index contributed by atoms with van der Waals surface area (Å²) in [5.74, 6) is 0. The summed E-state index contributed by atoms with van der Waals surface area (Å²) in [4.78, 5) is 24.3. The zero-order valence-corrected chi connectivity index (χ0v) is 13.7. The van der Waals surface area contributed by atoms with Gasteiger partial charge in [-0.2, -0.15) is 0 Å². The lowest BCUT2D eigenvalue weighted by molar-refractivity contribution is 0.249. The van der Waals surface area contributed by atoms with Gasteiger partial charge in [-0.25, -0.2) is 9.59 Å². The lowest BCUT2D eigenvalue weighted by Crippen LogP contribution is -2.37. The fourth-order valence-electron chi connectivity index (χ4n) is 2.17. The van der Waals surface area contributed by atoms with Gasteiger partial charge in [0.1, 0.15) is 5.58 Å². The van der Waals surface area contributed by atoms with E-state index in [1.807, 2.05) is 32.9 Å². The van der Waals surface area contributed by atoms with Crippen LogP contribution in [0.1, 0.15) is 33.6 Å². The van der Waals surface area contributed by atoms with Gasteiger partial charge >= 0.3 is 11.7 Å². The largest absolute Gasteiger partial charge is 0.421 e. The van der Waals surface area contributed by atoms with E-state index in [0.29, 0.717) is 17.8 Å². The van der Waals surface area contributed by atoms with Crippen molar-refractivity contribution in [2.24, 2.45) is 0 Å². The van der Waals surface area contributed by atoms with Gasteiger partial charge in [0.15, 0.2) is 5.69 Å². The smallest absolute Gasteiger partial charge is 0.362 e. The third kappa shape index (κ3) is 4.03. The number of amides is 2. The van der Waals surface area contributed by atoms with Gasteiger partial charge in [-0.3, -0.25) is 5.32 Å². The van der Waals surface area contributed by atoms with Crippen molar-refractivity contribution >= 4 is 28.4 Å². The molecule has 2 rings (SSSR count). The van der Waals surface area contributed by atoms with E-state index >= 15 is 0 Å². The maximum absolute atomic E-state index is 12.3. The molecule has 3 N–H and O–H groups in total. The van der Waals surface area contributed by atoms with E-state index in [4.69, 9.17) is 4.42 Å². The molecule has 124 valence electrons. The van der Waals surface area contributed by atoms with E-state index in [1.165, 1.54) is 0 Å². The number of hydrogen-bond donors (Lipinski definition) is 3. The predicted octanol–water partition coefficient (Wildman–Crippen LogP) is 3.53. The van der Waals surface area contributed by atoms with E-state index in [1.54, 1.807) is 12.1 Å². The van der Waals surface area contributed by atoms with Gasteiger partial charge in [0.05, 0.1) is 5.69 Å². The Labute approximate surface area is 135 Å². The molecular formula is C17H23N3O3. The number of anilines is 2. The summed E-state index contributed by atoms with van der Waals surface area (Å²) in [6.07, 6.45) is 1.70. The Morgan fingerprint density at radius 2 is 1.96 bits per heavy atom. The summed E-state index contributed by atoms with van der Waals surface area (Å²) in [5, 5.41) is 9.38. The zero-order chi connectivity index (χ0) is 16.8. The predicted molar refractivity (Wildman–Crippen MR) is 93.2 cm³/mol. The average molecular weight is 317 g/mol. The highest BCUT2D eigenvalue weighted by molar-refractivity contribution is 6.01. The van der Waals surface area contributed by atoms with Crippen LogP contribution in [0, 0.1) is 0 Å². The third-order valence-corrected chi connectivity index (χ3v) is 3.59. The number of urea groups is 1. The molecule has 6 heteroatoms. The van der Waals surface area contributed by atoms with Crippen LogP contribution in [-0.4, -0.2) is 18.6 Å². The van der Waals surface area contributed by atoms with Crippen molar-refractivity contribution in [2.45, 2.75) is 39.7 Å². The van der Waals surface area contributed by atoms with E-state index in [0.717, 1.165) is 18.2 Å². The number of fused-ring (bicyclic) bond motifs is 1. The highest BCUT2D eigenvalue weighted by atomic mass is 16.4. The molecule has 2 aromatic rings. The van der Waals surface area contributed by atoms with Crippen molar-refractivity contribution < 1.29 is 9.21 Å². The minimum absolute atomic E-state index is 0.0227. The SMILES string of the molecule is CCCNc1c(NC(=O)NC(C)CC)c(=O)oc2ccccc12. The molecule has 0 saturated heterocycles. The van der Waals surface area contributed by atoms with Crippen molar-refractivity contribution in [3.8, 4) is 0 Å². The molecule has 1 aromatic heterocycles. The van der Waals surface area contributed by atoms with Crippen LogP contribution in [0.5, 0.6) is 0 Å². The number of para-hydroxylation sites is 1. The molecule has 0 aliphatic heterocycles. The Morgan fingerprint density at radius 1 is 1.22 bits per heavy atom. The lowest BCUT2D eigenvalue weighted by Gasteiger charge is -2.16. The van der Waals surface area contributed by atoms with E-state index in [2.05, 4.69) is 16.0 Å². The molecule has 1 atom stereocenters. The van der Waals surface area contributed by atoms with Crippen LogP contribution < -0.4 is 21.6 Å². The highest BCUT2D eigenvalue weighted by Crippen LogP contribution is 2.28. The summed E-state index contributed by atoms with van der Waals surface area (Å²) in [6.45, 7) is 6.60. The molecule has 0 aliphatic carbocycles. The number of rotatable bonds is 6. The van der Waals surface area contributed by atoms with Crippen molar-refractivity contribution in [3.05, 3.63) is 34.7 Å². The number of hydrogen-bond acceptors (Lipinski definition) is 4. The highest BCUT2D eigenvalue weighted by Gasteiger charge is 2.17. The summed E-state index contributed by atoms with van der Waals surface area (Å²) >= 11 is 0. The van der Waals surface area contributed by atoms with Crippen molar-refractivity contribution in [1.82, 2.24) is 5.32 Å². The Kier molecular flexibility index (Phi) is 5.62. The monoisotopic (exact) mass is 317 g/mol. The molecule has 1 aromatic carbocycles. The second kappa shape index (κ2) is 7.67. The topological polar surface area (TPSA) is 83.4 Å². The maximum atomic E-state index is 12.3. The van der Waals surface area contributed by atoms with E-state index in [9.17, 15) is 9.59 Å². The lowest BCUT2D eigenvalue weighted by atomic mass is 10.2. The molecule has 0 saturated carbocycles. The first kappa shape index (κ1) is 16.9. The van der Waals surface area contributed by atoms with Crippen LogP contribution in [0.2, 0.25) is 0 Å². The first-order valence-corrected chi connectivity index (χ1v) is 7.94. The number of carbonyl (C=O) groups is 1. The summed E-state index contributed by atoms with van der Waals surface area (Å²) in [6, 6.07) is 6.86. The van der Waals surface area contributed by atoms with Crippen LogP contribution in [0.25, 0.3) is 11.0 Å². The molecule has 0 radical (unpaired) electrons. The van der Waals surface area contributed by atoms with Crippen LogP contribution in [0.4, 0.5) is 16.2 Å². The molecule has 0 fully saturated rings. The van der Waals surface area contributed by atoms with E-state index in [-0.39, 0.29) is 11.7 Å². The first-order chi connectivity index (χ1) is 11.1. The Balaban J connectivity index is 2.42. The van der Waals surface area contributed by atoms with Crippen molar-refractivity contribution in [2.75, 3.05) is 17.2 Å². The quantitative estimate of drug-likeness (QED) is 0.712. The fourth-order valence-corrected chi connectivity index (χ4v) is 2.17. The maximum Gasteiger partial charge on any atom is 0.362 e. The van der Waals surface area contributed by atoms with Gasteiger partial charge < -0.3 is 15.1 Å². The molecule has 0 bridgehead atoms. The second-order valence-electron chi connectivity index (χ2n) is 5.47. The summed E-state index contributed by atoms with van der Waals surface area (Å²) in [5.41, 5.74) is 0.654. The Hall–Kier alpha value is -2.50. The Morgan fingerprint density at radius 3 is 2.65 bits per heavy atom. The van der Waals surface area contributed by atoms with Crippen LogP contribution >= 0.6 is 0 Å². The zero-order valence-electron chi connectivity index (χ0n) is 13.7.